The topological polar surface area (TPSA) is 79.3 Å². The van der Waals surface area contributed by atoms with Crippen molar-refractivity contribution in [1.29, 1.82) is 0 Å². The molecule has 130 valence electrons. The summed E-state index contributed by atoms with van der Waals surface area (Å²) in [6.45, 7) is 1.01. The van der Waals surface area contributed by atoms with Crippen molar-refractivity contribution in [2.24, 2.45) is 0 Å². The third kappa shape index (κ3) is 3.18. The van der Waals surface area contributed by atoms with Crippen molar-refractivity contribution in [2.45, 2.75) is 0 Å². The van der Waals surface area contributed by atoms with E-state index in [-0.39, 0.29) is 18.4 Å². The fourth-order valence-corrected chi connectivity index (χ4v) is 3.60. The molecule has 3 aromatic rings. The van der Waals surface area contributed by atoms with Gasteiger partial charge in [-0.1, -0.05) is 18.2 Å². The first-order valence-corrected chi connectivity index (χ1v) is 8.92. The predicted octanol–water partition coefficient (Wildman–Crippen LogP) is 2.09. The number of rotatable bonds is 3. The summed E-state index contributed by atoms with van der Waals surface area (Å²) in [6.07, 6.45) is 4.78. The van der Waals surface area contributed by atoms with Gasteiger partial charge in [0.15, 0.2) is 10.8 Å². The zero-order valence-corrected chi connectivity index (χ0v) is 14.6. The number of thiazole rings is 1. The molecule has 7 nitrogen and oxygen atoms in total. The first-order valence-electron chi connectivity index (χ1n) is 8.10. The molecule has 1 aromatic carbocycles. The Balaban J connectivity index is 1.47. The zero-order valence-electron chi connectivity index (χ0n) is 13.8. The number of aromatic nitrogens is 3. The lowest BCUT2D eigenvalue weighted by Crippen LogP contribution is -2.52. The van der Waals surface area contributed by atoms with Crippen LogP contribution in [0.1, 0.15) is 9.67 Å². The molecule has 0 radical (unpaired) electrons. The maximum absolute atomic E-state index is 12.7. The summed E-state index contributed by atoms with van der Waals surface area (Å²) < 4.78 is 0. The minimum Gasteiger partial charge on any atom is -0.327 e. The Kier molecular flexibility index (Phi) is 4.40. The molecule has 0 aliphatic carbocycles. The quantitative estimate of drug-likeness (QED) is 0.710. The molecule has 0 bridgehead atoms. The van der Waals surface area contributed by atoms with E-state index < -0.39 is 0 Å². The Morgan fingerprint density at radius 2 is 1.77 bits per heavy atom. The van der Waals surface area contributed by atoms with Crippen molar-refractivity contribution in [3.8, 4) is 10.8 Å². The molecule has 0 unspecified atom stereocenters. The van der Waals surface area contributed by atoms with Crippen molar-refractivity contribution in [1.82, 2.24) is 19.9 Å². The molecule has 2 amide bonds. The van der Waals surface area contributed by atoms with E-state index in [1.165, 1.54) is 17.5 Å². The van der Waals surface area contributed by atoms with E-state index in [1.807, 2.05) is 30.3 Å². The standard InChI is InChI=1S/C18H15N5O2S/c24-15-12-22(9-10-23(15)13-5-2-1-3-6-13)18(25)14-11-21-17(26-14)16-19-7-4-8-20-16/h1-8,11H,9-10,12H2. The van der Waals surface area contributed by atoms with E-state index in [9.17, 15) is 9.59 Å². The third-order valence-corrected chi connectivity index (χ3v) is 5.03. The molecule has 26 heavy (non-hydrogen) atoms. The summed E-state index contributed by atoms with van der Waals surface area (Å²) in [4.78, 5) is 41.5. The molecule has 0 saturated carbocycles. The SMILES string of the molecule is O=C(c1cnc(-c2ncccn2)s1)N1CCN(c2ccccc2)C(=O)C1. The highest BCUT2D eigenvalue weighted by atomic mass is 32.1. The highest BCUT2D eigenvalue weighted by molar-refractivity contribution is 7.16. The predicted molar refractivity (Wildman–Crippen MR) is 97.8 cm³/mol. The molecule has 1 fully saturated rings. The van der Waals surface area contributed by atoms with Crippen LogP contribution in [0.3, 0.4) is 0 Å². The van der Waals surface area contributed by atoms with Crippen LogP contribution in [0.2, 0.25) is 0 Å². The van der Waals surface area contributed by atoms with Gasteiger partial charge in [0.25, 0.3) is 5.91 Å². The van der Waals surface area contributed by atoms with Gasteiger partial charge in [-0.3, -0.25) is 9.59 Å². The summed E-state index contributed by atoms with van der Waals surface area (Å²) in [5.74, 6) is 0.208. The Hall–Kier alpha value is -3.13. The average Bonchev–Trinajstić information content (AvgIpc) is 3.19. The van der Waals surface area contributed by atoms with Gasteiger partial charge in [-0.15, -0.1) is 11.3 Å². The number of benzene rings is 1. The first kappa shape index (κ1) is 16.3. The highest BCUT2D eigenvalue weighted by Gasteiger charge is 2.29. The molecule has 1 aliphatic rings. The number of carbonyl (C=O) groups excluding carboxylic acids is 2. The molecular formula is C18H15N5O2S. The number of carbonyl (C=O) groups is 2. The zero-order chi connectivity index (χ0) is 17.9. The number of hydrogen-bond donors (Lipinski definition) is 0. The molecular weight excluding hydrogens is 350 g/mol. The average molecular weight is 365 g/mol. The largest absolute Gasteiger partial charge is 0.327 e. The second-order valence-corrected chi connectivity index (χ2v) is 6.74. The lowest BCUT2D eigenvalue weighted by molar-refractivity contribution is -0.120. The van der Waals surface area contributed by atoms with Gasteiger partial charge in [-0.25, -0.2) is 15.0 Å². The highest BCUT2D eigenvalue weighted by Crippen LogP contribution is 2.24. The second-order valence-electron chi connectivity index (χ2n) is 5.71. The molecule has 1 saturated heterocycles. The van der Waals surface area contributed by atoms with Gasteiger partial charge in [-0.05, 0) is 18.2 Å². The minimum atomic E-state index is -0.189. The van der Waals surface area contributed by atoms with Gasteiger partial charge in [0.05, 0.1) is 6.20 Å². The summed E-state index contributed by atoms with van der Waals surface area (Å²) in [5, 5.41) is 0.586. The molecule has 0 N–H and O–H groups in total. The van der Waals surface area contributed by atoms with Crippen molar-refractivity contribution >= 4 is 28.8 Å². The summed E-state index contributed by atoms with van der Waals surface area (Å²) in [5.41, 5.74) is 0.853. The molecule has 2 aromatic heterocycles. The number of para-hydroxylation sites is 1. The number of piperazine rings is 1. The van der Waals surface area contributed by atoms with Crippen molar-refractivity contribution in [3.05, 3.63) is 59.9 Å². The number of nitrogens with zero attached hydrogens (tertiary/aromatic N) is 5. The minimum absolute atomic E-state index is 0.0583. The summed E-state index contributed by atoms with van der Waals surface area (Å²) in [7, 11) is 0. The van der Waals surface area contributed by atoms with Crippen LogP contribution in [-0.2, 0) is 4.79 Å². The van der Waals surface area contributed by atoms with Crippen LogP contribution in [-0.4, -0.2) is 51.3 Å². The van der Waals surface area contributed by atoms with Crippen LogP contribution < -0.4 is 4.90 Å². The molecule has 0 spiro atoms. The van der Waals surface area contributed by atoms with Crippen LogP contribution in [0.5, 0.6) is 0 Å². The van der Waals surface area contributed by atoms with E-state index >= 15 is 0 Å². The molecule has 3 heterocycles. The van der Waals surface area contributed by atoms with Crippen molar-refractivity contribution < 1.29 is 9.59 Å². The van der Waals surface area contributed by atoms with Gasteiger partial charge < -0.3 is 9.80 Å². The normalized spacial score (nSPS) is 14.5. The smallest absolute Gasteiger partial charge is 0.266 e. The van der Waals surface area contributed by atoms with Crippen LogP contribution in [0, 0.1) is 0 Å². The maximum atomic E-state index is 12.7. The van der Waals surface area contributed by atoms with E-state index in [4.69, 9.17) is 0 Å². The van der Waals surface area contributed by atoms with Crippen molar-refractivity contribution in [2.75, 3.05) is 24.5 Å². The Morgan fingerprint density at radius 3 is 2.50 bits per heavy atom. The molecule has 4 rings (SSSR count). The second kappa shape index (κ2) is 7.01. The third-order valence-electron chi connectivity index (χ3n) is 4.05. The summed E-state index contributed by atoms with van der Waals surface area (Å²) in [6, 6.07) is 11.2. The van der Waals surface area contributed by atoms with Gasteiger partial charge in [0.1, 0.15) is 11.4 Å². The molecule has 0 atom stereocenters. The van der Waals surface area contributed by atoms with E-state index in [1.54, 1.807) is 28.3 Å². The fraction of sp³-hybridized carbons (Fsp3) is 0.167. The Labute approximate surface area is 154 Å². The van der Waals surface area contributed by atoms with Gasteiger partial charge in [0.2, 0.25) is 5.91 Å². The van der Waals surface area contributed by atoms with E-state index in [0.29, 0.717) is 28.8 Å². The lowest BCUT2D eigenvalue weighted by atomic mass is 10.2. The van der Waals surface area contributed by atoms with Crippen LogP contribution in [0.25, 0.3) is 10.8 Å². The van der Waals surface area contributed by atoms with Crippen LogP contribution in [0.15, 0.2) is 55.0 Å². The maximum Gasteiger partial charge on any atom is 0.266 e. The number of anilines is 1. The molecule has 8 heteroatoms. The van der Waals surface area contributed by atoms with Gasteiger partial charge >= 0.3 is 0 Å². The van der Waals surface area contributed by atoms with E-state index in [2.05, 4.69) is 15.0 Å². The summed E-state index contributed by atoms with van der Waals surface area (Å²) >= 11 is 1.23. The van der Waals surface area contributed by atoms with Gasteiger partial charge in [-0.2, -0.15) is 0 Å². The lowest BCUT2D eigenvalue weighted by Gasteiger charge is -2.34. The van der Waals surface area contributed by atoms with Gasteiger partial charge in [0, 0.05) is 31.2 Å². The van der Waals surface area contributed by atoms with E-state index in [0.717, 1.165) is 5.69 Å². The fourth-order valence-electron chi connectivity index (χ4n) is 2.77. The monoisotopic (exact) mass is 365 g/mol. The van der Waals surface area contributed by atoms with Crippen LogP contribution >= 0.6 is 11.3 Å². The number of hydrogen-bond acceptors (Lipinski definition) is 6. The Bertz CT molecular complexity index is 929. The molecule has 1 aliphatic heterocycles. The first-order chi connectivity index (χ1) is 12.7. The van der Waals surface area contributed by atoms with Crippen LogP contribution in [0.4, 0.5) is 5.69 Å². The van der Waals surface area contributed by atoms with Crippen molar-refractivity contribution in [3.63, 3.8) is 0 Å². The number of amides is 2. The Morgan fingerprint density at radius 1 is 1.00 bits per heavy atom.